The summed E-state index contributed by atoms with van der Waals surface area (Å²) in [5.41, 5.74) is 0.960. The number of carbonyl (C=O) groups is 1. The second-order valence-electron chi connectivity index (χ2n) is 6.81. The standard InChI is InChI=1S/C21H15BrCl2N4O2S/c22-15-4-2-1-3-14(15)20(29)28-21(31)27-12-7-16(23)18(17(24)8-12)30-13-9-25-19(26-10-13)11-5-6-11/h1-4,7-11H,5-6H2,(H2,27,28,29,31). The van der Waals surface area contributed by atoms with Crippen LogP contribution in [-0.4, -0.2) is 21.0 Å². The number of anilines is 1. The highest BCUT2D eigenvalue weighted by Gasteiger charge is 2.26. The molecule has 0 bridgehead atoms. The summed E-state index contributed by atoms with van der Waals surface area (Å²) in [6.07, 6.45) is 5.45. The number of nitrogens with zero attached hydrogens (tertiary/aromatic N) is 2. The maximum atomic E-state index is 12.4. The van der Waals surface area contributed by atoms with Gasteiger partial charge in [-0.25, -0.2) is 9.97 Å². The van der Waals surface area contributed by atoms with Gasteiger partial charge >= 0.3 is 0 Å². The zero-order valence-electron chi connectivity index (χ0n) is 15.9. The van der Waals surface area contributed by atoms with Gasteiger partial charge in [0.1, 0.15) is 5.82 Å². The van der Waals surface area contributed by atoms with Crippen molar-refractivity contribution >= 4 is 68.1 Å². The van der Waals surface area contributed by atoms with Crippen molar-refractivity contribution in [3.8, 4) is 11.5 Å². The first kappa shape index (κ1) is 22.0. The second-order valence-corrected chi connectivity index (χ2v) is 8.89. The van der Waals surface area contributed by atoms with Crippen LogP contribution < -0.4 is 15.4 Å². The van der Waals surface area contributed by atoms with E-state index >= 15 is 0 Å². The van der Waals surface area contributed by atoms with Crippen molar-refractivity contribution in [2.75, 3.05) is 5.32 Å². The predicted molar refractivity (Wildman–Crippen MR) is 128 cm³/mol. The molecule has 1 heterocycles. The van der Waals surface area contributed by atoms with Crippen molar-refractivity contribution < 1.29 is 9.53 Å². The van der Waals surface area contributed by atoms with Gasteiger partial charge in [0.05, 0.1) is 28.0 Å². The van der Waals surface area contributed by atoms with Gasteiger partial charge in [0.15, 0.2) is 16.6 Å². The zero-order chi connectivity index (χ0) is 22.0. The number of amides is 1. The van der Waals surface area contributed by atoms with E-state index in [-0.39, 0.29) is 26.8 Å². The van der Waals surface area contributed by atoms with Gasteiger partial charge < -0.3 is 10.1 Å². The zero-order valence-corrected chi connectivity index (χ0v) is 19.8. The van der Waals surface area contributed by atoms with Gasteiger partial charge in [0.2, 0.25) is 0 Å². The lowest BCUT2D eigenvalue weighted by Gasteiger charge is -2.14. The number of halogens is 3. The van der Waals surface area contributed by atoms with Gasteiger partial charge in [0.25, 0.3) is 5.91 Å². The lowest BCUT2D eigenvalue weighted by molar-refractivity contribution is 0.0977. The Labute approximate surface area is 202 Å². The first-order chi connectivity index (χ1) is 14.9. The molecule has 0 saturated heterocycles. The Kier molecular flexibility index (Phi) is 6.71. The van der Waals surface area contributed by atoms with E-state index in [0.717, 1.165) is 18.7 Å². The quantitative estimate of drug-likeness (QED) is 0.370. The molecular formula is C21H15BrCl2N4O2S. The summed E-state index contributed by atoms with van der Waals surface area (Å²) in [4.78, 5) is 21.0. The fourth-order valence-electron chi connectivity index (χ4n) is 2.76. The third-order valence-electron chi connectivity index (χ3n) is 4.41. The van der Waals surface area contributed by atoms with Crippen molar-refractivity contribution in [1.29, 1.82) is 0 Å². The first-order valence-corrected chi connectivity index (χ1v) is 11.2. The Morgan fingerprint density at radius 1 is 1.13 bits per heavy atom. The molecule has 1 aliphatic carbocycles. The molecule has 1 fully saturated rings. The highest BCUT2D eigenvalue weighted by molar-refractivity contribution is 9.10. The Morgan fingerprint density at radius 2 is 1.77 bits per heavy atom. The van der Waals surface area contributed by atoms with Crippen LogP contribution in [0.15, 0.2) is 53.3 Å². The minimum absolute atomic E-state index is 0.102. The molecule has 0 aliphatic heterocycles. The average Bonchev–Trinajstić information content (AvgIpc) is 3.57. The number of benzene rings is 2. The van der Waals surface area contributed by atoms with Gasteiger partial charge in [-0.1, -0.05) is 35.3 Å². The number of thiocarbonyl (C=S) groups is 1. The number of rotatable bonds is 5. The Balaban J connectivity index is 1.42. The van der Waals surface area contributed by atoms with E-state index in [2.05, 4.69) is 36.5 Å². The van der Waals surface area contributed by atoms with Crippen molar-refractivity contribution in [3.05, 3.63) is 74.7 Å². The molecule has 2 N–H and O–H groups in total. The van der Waals surface area contributed by atoms with Crippen LogP contribution in [0.5, 0.6) is 11.5 Å². The molecule has 10 heteroatoms. The number of aromatic nitrogens is 2. The van der Waals surface area contributed by atoms with Crippen LogP contribution in [-0.2, 0) is 0 Å². The number of nitrogens with one attached hydrogen (secondary N) is 2. The Hall–Kier alpha value is -2.26. The van der Waals surface area contributed by atoms with E-state index in [1.807, 2.05) is 6.07 Å². The van der Waals surface area contributed by atoms with E-state index < -0.39 is 0 Å². The SMILES string of the molecule is O=C(NC(=S)Nc1cc(Cl)c(Oc2cnc(C3CC3)nc2)c(Cl)c1)c1ccccc1Br. The van der Waals surface area contributed by atoms with Crippen LogP contribution in [0, 0.1) is 0 Å². The summed E-state index contributed by atoms with van der Waals surface area (Å²) < 4.78 is 6.43. The molecule has 0 radical (unpaired) electrons. The van der Waals surface area contributed by atoms with Crippen molar-refractivity contribution in [3.63, 3.8) is 0 Å². The third kappa shape index (κ3) is 5.51. The maximum Gasteiger partial charge on any atom is 0.258 e. The van der Waals surface area contributed by atoms with Crippen LogP contribution in [0.4, 0.5) is 5.69 Å². The molecule has 158 valence electrons. The third-order valence-corrected chi connectivity index (χ3v) is 5.87. The van der Waals surface area contributed by atoms with E-state index in [0.29, 0.717) is 27.4 Å². The lowest BCUT2D eigenvalue weighted by Crippen LogP contribution is -2.34. The number of hydrogen-bond acceptors (Lipinski definition) is 5. The smallest absolute Gasteiger partial charge is 0.258 e. The average molecular weight is 538 g/mol. The fourth-order valence-corrected chi connectivity index (χ4v) is 4.00. The van der Waals surface area contributed by atoms with Crippen LogP contribution in [0.1, 0.15) is 34.9 Å². The van der Waals surface area contributed by atoms with Crippen molar-refractivity contribution in [2.24, 2.45) is 0 Å². The lowest BCUT2D eigenvalue weighted by atomic mass is 10.2. The number of ether oxygens (including phenoxy) is 1. The summed E-state index contributed by atoms with van der Waals surface area (Å²) in [5.74, 6) is 1.64. The molecule has 1 aromatic heterocycles. The summed E-state index contributed by atoms with van der Waals surface area (Å²) >= 11 is 21.3. The number of hydrogen-bond donors (Lipinski definition) is 2. The van der Waals surface area contributed by atoms with E-state index in [9.17, 15) is 4.79 Å². The highest BCUT2D eigenvalue weighted by atomic mass is 79.9. The topological polar surface area (TPSA) is 76.1 Å². The Bertz CT molecular complexity index is 1130. The molecular weight excluding hydrogens is 523 g/mol. The normalized spacial score (nSPS) is 12.9. The largest absolute Gasteiger partial charge is 0.451 e. The molecule has 0 unspecified atom stereocenters. The summed E-state index contributed by atoms with van der Waals surface area (Å²) in [5, 5.41) is 6.14. The Morgan fingerprint density at radius 3 is 2.39 bits per heavy atom. The second kappa shape index (κ2) is 9.48. The van der Waals surface area contributed by atoms with Crippen LogP contribution in [0.3, 0.4) is 0 Å². The molecule has 4 rings (SSSR count). The minimum Gasteiger partial charge on any atom is -0.451 e. The van der Waals surface area contributed by atoms with Gasteiger partial charge in [-0.15, -0.1) is 0 Å². The fraction of sp³-hybridized carbons (Fsp3) is 0.143. The van der Waals surface area contributed by atoms with E-state index in [1.165, 1.54) is 0 Å². The first-order valence-electron chi connectivity index (χ1n) is 9.26. The number of carbonyl (C=O) groups excluding carboxylic acids is 1. The van der Waals surface area contributed by atoms with Gasteiger partial charge in [-0.05, 0) is 65.3 Å². The van der Waals surface area contributed by atoms with E-state index in [4.69, 9.17) is 40.2 Å². The van der Waals surface area contributed by atoms with Crippen LogP contribution >= 0.6 is 51.3 Å². The molecule has 3 aromatic rings. The minimum atomic E-state index is -0.350. The predicted octanol–water partition coefficient (Wildman–Crippen LogP) is 6.34. The molecule has 2 aromatic carbocycles. The van der Waals surface area contributed by atoms with Crippen LogP contribution in [0.25, 0.3) is 0 Å². The molecule has 0 atom stereocenters. The van der Waals surface area contributed by atoms with Crippen molar-refractivity contribution in [2.45, 2.75) is 18.8 Å². The summed E-state index contributed by atoms with van der Waals surface area (Å²) in [7, 11) is 0. The summed E-state index contributed by atoms with van der Waals surface area (Å²) in [6, 6.07) is 10.2. The van der Waals surface area contributed by atoms with Gasteiger partial charge in [-0.2, -0.15) is 0 Å². The monoisotopic (exact) mass is 536 g/mol. The van der Waals surface area contributed by atoms with Gasteiger partial charge in [-0.3, -0.25) is 10.1 Å². The molecule has 0 spiro atoms. The van der Waals surface area contributed by atoms with Crippen LogP contribution in [0.2, 0.25) is 10.0 Å². The molecule has 1 aliphatic rings. The van der Waals surface area contributed by atoms with E-state index in [1.54, 1.807) is 42.7 Å². The van der Waals surface area contributed by atoms with Gasteiger partial charge in [0, 0.05) is 16.1 Å². The molecule has 31 heavy (non-hydrogen) atoms. The highest BCUT2D eigenvalue weighted by Crippen LogP contribution is 2.40. The maximum absolute atomic E-state index is 12.4. The molecule has 1 saturated carbocycles. The molecule has 1 amide bonds. The molecule has 6 nitrogen and oxygen atoms in total. The summed E-state index contributed by atoms with van der Waals surface area (Å²) in [6.45, 7) is 0. The van der Waals surface area contributed by atoms with Crippen molar-refractivity contribution in [1.82, 2.24) is 15.3 Å².